The lowest BCUT2D eigenvalue weighted by molar-refractivity contribution is 0.149. The van der Waals surface area contributed by atoms with Crippen molar-refractivity contribution in [1.82, 2.24) is 4.98 Å². The minimum absolute atomic E-state index is 0.0504. The second-order valence-electron chi connectivity index (χ2n) is 2.93. The second-order valence-corrected chi connectivity index (χ2v) is 2.93. The number of hydrogen-bond donors (Lipinski definition) is 1. The monoisotopic (exact) mass is 186 g/mol. The van der Waals surface area contributed by atoms with Crippen LogP contribution in [-0.2, 0) is 6.54 Å². The molecule has 0 saturated carbocycles. The average molecular weight is 186 g/mol. The first kappa shape index (κ1) is 10.1. The van der Waals surface area contributed by atoms with Crippen molar-refractivity contribution in [3.63, 3.8) is 0 Å². The van der Waals surface area contributed by atoms with E-state index < -0.39 is 6.43 Å². The molecule has 0 aliphatic carbocycles. The van der Waals surface area contributed by atoms with E-state index in [-0.39, 0.29) is 17.8 Å². The van der Waals surface area contributed by atoms with Crippen molar-refractivity contribution in [3.8, 4) is 0 Å². The topological polar surface area (TPSA) is 38.9 Å². The fourth-order valence-corrected chi connectivity index (χ4v) is 1.13. The number of halogens is 2. The molecule has 2 N–H and O–H groups in total. The zero-order valence-electron chi connectivity index (χ0n) is 7.64. The van der Waals surface area contributed by atoms with Crippen molar-refractivity contribution in [2.24, 2.45) is 5.73 Å². The van der Waals surface area contributed by atoms with Crippen LogP contribution in [0.15, 0.2) is 6.07 Å². The maximum Gasteiger partial charge on any atom is 0.265 e. The molecular formula is C9H12F2N2. The zero-order valence-corrected chi connectivity index (χ0v) is 7.64. The van der Waals surface area contributed by atoms with Gasteiger partial charge in [0.15, 0.2) is 0 Å². The summed E-state index contributed by atoms with van der Waals surface area (Å²) in [5.41, 5.74) is 7.08. The minimum Gasteiger partial charge on any atom is -0.325 e. The van der Waals surface area contributed by atoms with E-state index in [0.29, 0.717) is 0 Å². The first-order chi connectivity index (χ1) is 6.06. The summed E-state index contributed by atoms with van der Waals surface area (Å²) < 4.78 is 24.9. The van der Waals surface area contributed by atoms with Crippen LogP contribution >= 0.6 is 0 Å². The van der Waals surface area contributed by atoms with Gasteiger partial charge in [-0.2, -0.15) is 0 Å². The van der Waals surface area contributed by atoms with E-state index in [2.05, 4.69) is 4.98 Å². The molecule has 4 heteroatoms. The molecule has 1 aromatic rings. The van der Waals surface area contributed by atoms with Gasteiger partial charge >= 0.3 is 0 Å². The predicted octanol–water partition coefficient (Wildman–Crippen LogP) is 2.09. The Kier molecular flexibility index (Phi) is 2.93. The molecule has 0 aliphatic heterocycles. The van der Waals surface area contributed by atoms with Gasteiger partial charge in [0.1, 0.15) is 0 Å². The van der Waals surface area contributed by atoms with Crippen LogP contribution in [0.2, 0.25) is 0 Å². The fraction of sp³-hybridized carbons (Fsp3) is 0.444. The van der Waals surface area contributed by atoms with Crippen LogP contribution in [0.5, 0.6) is 0 Å². The Morgan fingerprint density at radius 2 is 2.08 bits per heavy atom. The largest absolute Gasteiger partial charge is 0.325 e. The molecule has 0 radical (unpaired) electrons. The smallest absolute Gasteiger partial charge is 0.265 e. The van der Waals surface area contributed by atoms with Crippen molar-refractivity contribution in [1.29, 1.82) is 0 Å². The SMILES string of the molecule is Cc1cc(C(F)F)c(CN)nc1C. The quantitative estimate of drug-likeness (QED) is 0.768. The Balaban J connectivity index is 3.25. The molecule has 0 aliphatic rings. The number of aromatic nitrogens is 1. The molecule has 0 saturated heterocycles. The fourth-order valence-electron chi connectivity index (χ4n) is 1.13. The van der Waals surface area contributed by atoms with Gasteiger partial charge in [-0.15, -0.1) is 0 Å². The number of nitrogens with zero attached hydrogens (tertiary/aromatic N) is 1. The van der Waals surface area contributed by atoms with E-state index in [4.69, 9.17) is 5.73 Å². The maximum absolute atomic E-state index is 12.4. The van der Waals surface area contributed by atoms with E-state index in [9.17, 15) is 8.78 Å². The molecule has 1 aromatic heterocycles. The number of nitrogens with two attached hydrogens (primary N) is 1. The Morgan fingerprint density at radius 3 is 2.54 bits per heavy atom. The van der Waals surface area contributed by atoms with E-state index in [0.717, 1.165) is 11.3 Å². The summed E-state index contributed by atoms with van der Waals surface area (Å²) in [6.45, 7) is 3.60. The Bertz CT molecular complexity index is 311. The Labute approximate surface area is 75.8 Å². The summed E-state index contributed by atoms with van der Waals surface area (Å²) in [6.07, 6.45) is -2.50. The minimum atomic E-state index is -2.50. The highest BCUT2D eigenvalue weighted by molar-refractivity contribution is 5.30. The van der Waals surface area contributed by atoms with Crippen LogP contribution in [0.4, 0.5) is 8.78 Å². The average Bonchev–Trinajstić information content (AvgIpc) is 2.08. The van der Waals surface area contributed by atoms with Crippen LogP contribution in [-0.4, -0.2) is 4.98 Å². The zero-order chi connectivity index (χ0) is 10.0. The molecule has 0 bridgehead atoms. The summed E-state index contributed by atoms with van der Waals surface area (Å²) in [5.74, 6) is 0. The van der Waals surface area contributed by atoms with Crippen molar-refractivity contribution in [2.45, 2.75) is 26.8 Å². The first-order valence-electron chi connectivity index (χ1n) is 4.01. The highest BCUT2D eigenvalue weighted by atomic mass is 19.3. The number of rotatable bonds is 2. The van der Waals surface area contributed by atoms with Crippen LogP contribution < -0.4 is 5.73 Å². The van der Waals surface area contributed by atoms with Gasteiger partial charge in [0.2, 0.25) is 0 Å². The van der Waals surface area contributed by atoms with Crippen molar-refractivity contribution < 1.29 is 8.78 Å². The normalized spacial score (nSPS) is 10.9. The first-order valence-corrected chi connectivity index (χ1v) is 4.01. The number of aryl methyl sites for hydroxylation is 2. The Morgan fingerprint density at radius 1 is 1.46 bits per heavy atom. The third kappa shape index (κ3) is 2.01. The van der Waals surface area contributed by atoms with Gasteiger partial charge in [-0.25, -0.2) is 8.78 Å². The molecule has 0 amide bonds. The lowest BCUT2D eigenvalue weighted by atomic mass is 10.1. The molecule has 0 unspecified atom stereocenters. The van der Waals surface area contributed by atoms with Crippen molar-refractivity contribution in [3.05, 3.63) is 28.6 Å². The molecule has 72 valence electrons. The molecule has 1 heterocycles. The summed E-state index contributed by atoms with van der Waals surface area (Å²) in [6, 6.07) is 1.45. The number of hydrogen-bond acceptors (Lipinski definition) is 2. The second kappa shape index (κ2) is 3.79. The van der Waals surface area contributed by atoms with Gasteiger partial charge in [-0.1, -0.05) is 0 Å². The predicted molar refractivity (Wildman–Crippen MR) is 46.6 cm³/mol. The summed E-state index contributed by atoms with van der Waals surface area (Å²) in [7, 11) is 0. The van der Waals surface area contributed by atoms with Crippen molar-refractivity contribution >= 4 is 0 Å². The van der Waals surface area contributed by atoms with Crippen molar-refractivity contribution in [2.75, 3.05) is 0 Å². The summed E-state index contributed by atoms with van der Waals surface area (Å²) in [5, 5.41) is 0. The Hall–Kier alpha value is -1.03. The molecule has 0 spiro atoms. The van der Waals surface area contributed by atoms with E-state index >= 15 is 0 Å². The highest BCUT2D eigenvalue weighted by Gasteiger charge is 2.14. The van der Waals surface area contributed by atoms with Gasteiger partial charge in [0, 0.05) is 17.8 Å². The lowest BCUT2D eigenvalue weighted by Crippen LogP contribution is -2.07. The third-order valence-electron chi connectivity index (χ3n) is 2.01. The van der Waals surface area contributed by atoms with E-state index in [1.165, 1.54) is 6.07 Å². The molecule has 2 nitrogen and oxygen atoms in total. The van der Waals surface area contributed by atoms with Gasteiger partial charge < -0.3 is 5.73 Å². The molecular weight excluding hydrogens is 174 g/mol. The summed E-state index contributed by atoms with van der Waals surface area (Å²) >= 11 is 0. The molecule has 0 atom stereocenters. The van der Waals surface area contributed by atoms with Crippen LogP contribution in [0, 0.1) is 13.8 Å². The molecule has 1 rings (SSSR count). The van der Waals surface area contributed by atoms with Gasteiger partial charge in [-0.05, 0) is 25.5 Å². The van der Waals surface area contributed by atoms with Gasteiger partial charge in [-0.3, -0.25) is 4.98 Å². The maximum atomic E-state index is 12.4. The molecule has 0 aromatic carbocycles. The van der Waals surface area contributed by atoms with Crippen LogP contribution in [0.3, 0.4) is 0 Å². The lowest BCUT2D eigenvalue weighted by Gasteiger charge is -2.09. The van der Waals surface area contributed by atoms with Gasteiger partial charge in [0.25, 0.3) is 6.43 Å². The third-order valence-corrected chi connectivity index (χ3v) is 2.01. The summed E-state index contributed by atoms with van der Waals surface area (Å²) in [4.78, 5) is 4.01. The van der Waals surface area contributed by atoms with E-state index in [1.54, 1.807) is 13.8 Å². The molecule has 0 fully saturated rings. The number of alkyl halides is 2. The van der Waals surface area contributed by atoms with Gasteiger partial charge in [0.05, 0.1) is 5.69 Å². The standard InChI is InChI=1S/C9H12F2N2/c1-5-3-7(9(10)11)8(4-12)13-6(5)2/h3,9H,4,12H2,1-2H3. The van der Waals surface area contributed by atoms with Crippen LogP contribution in [0.1, 0.15) is 28.9 Å². The number of pyridine rings is 1. The van der Waals surface area contributed by atoms with E-state index in [1.807, 2.05) is 0 Å². The van der Waals surface area contributed by atoms with Crippen LogP contribution in [0.25, 0.3) is 0 Å². The molecule has 13 heavy (non-hydrogen) atoms. The highest BCUT2D eigenvalue weighted by Crippen LogP contribution is 2.23.